The number of rotatable bonds is 3. The quantitative estimate of drug-likeness (QED) is 0.768. The van der Waals surface area contributed by atoms with Crippen molar-refractivity contribution in [3.8, 4) is 0 Å². The number of allylic oxidation sites excluding steroid dienone is 2. The van der Waals surface area contributed by atoms with E-state index in [9.17, 15) is 4.79 Å². The number of carbonyl (C=O) groups is 1. The predicted octanol–water partition coefficient (Wildman–Crippen LogP) is 4.05. The van der Waals surface area contributed by atoms with E-state index in [0.717, 1.165) is 29.7 Å². The lowest BCUT2D eigenvalue weighted by molar-refractivity contribution is 0.0605. The Bertz CT molecular complexity index is 612. The van der Waals surface area contributed by atoms with Crippen LogP contribution in [0.15, 0.2) is 66.4 Å². The second-order valence-electron chi connectivity index (χ2n) is 4.52. The van der Waals surface area contributed by atoms with Crippen LogP contribution in [0.4, 0.5) is 0 Å². The van der Waals surface area contributed by atoms with E-state index in [1.54, 1.807) is 12.1 Å². The molecule has 0 fully saturated rings. The highest BCUT2D eigenvalue weighted by atomic mass is 16.5. The molecule has 0 saturated carbocycles. The van der Waals surface area contributed by atoms with Crippen LogP contribution in [0.1, 0.15) is 28.8 Å². The highest BCUT2D eigenvalue weighted by Gasteiger charge is 2.23. The molecule has 19 heavy (non-hydrogen) atoms. The maximum Gasteiger partial charge on any atom is 0.343 e. The van der Waals surface area contributed by atoms with Crippen LogP contribution in [0.2, 0.25) is 0 Å². The Kier molecular flexibility index (Phi) is 3.15. The van der Waals surface area contributed by atoms with Crippen molar-refractivity contribution in [1.29, 1.82) is 0 Å². The second-order valence-corrected chi connectivity index (χ2v) is 4.52. The maximum atomic E-state index is 12.0. The van der Waals surface area contributed by atoms with Crippen molar-refractivity contribution in [2.24, 2.45) is 0 Å². The standard InChI is InChI=1S/C17H14O2/c18-17(14-9-5-2-6-10-14)19-16-12-11-15(16)13-7-3-1-4-8-13/h1-10H,11-12H2. The number of carbonyl (C=O) groups excluding carboxylic acids is 1. The lowest BCUT2D eigenvalue weighted by atomic mass is 9.90. The first-order chi connectivity index (χ1) is 9.34. The first kappa shape index (κ1) is 11.7. The molecule has 2 nitrogen and oxygen atoms in total. The fourth-order valence-electron chi connectivity index (χ4n) is 2.15. The van der Waals surface area contributed by atoms with Crippen LogP contribution in [-0.2, 0) is 4.74 Å². The summed E-state index contributed by atoms with van der Waals surface area (Å²) >= 11 is 0. The average molecular weight is 250 g/mol. The third-order valence-electron chi connectivity index (χ3n) is 3.29. The van der Waals surface area contributed by atoms with Gasteiger partial charge in [0.2, 0.25) is 0 Å². The first-order valence-electron chi connectivity index (χ1n) is 6.39. The third kappa shape index (κ3) is 2.43. The van der Waals surface area contributed by atoms with E-state index in [1.165, 1.54) is 0 Å². The zero-order valence-electron chi connectivity index (χ0n) is 10.5. The third-order valence-corrected chi connectivity index (χ3v) is 3.29. The van der Waals surface area contributed by atoms with Gasteiger partial charge >= 0.3 is 5.97 Å². The topological polar surface area (TPSA) is 26.3 Å². The fourth-order valence-corrected chi connectivity index (χ4v) is 2.15. The lowest BCUT2D eigenvalue weighted by Gasteiger charge is -2.23. The van der Waals surface area contributed by atoms with Crippen molar-refractivity contribution in [2.75, 3.05) is 0 Å². The SMILES string of the molecule is O=C(OC1=C(c2ccccc2)CC1)c1ccccc1. The first-order valence-corrected chi connectivity index (χ1v) is 6.39. The van der Waals surface area contributed by atoms with E-state index in [4.69, 9.17) is 4.74 Å². The maximum absolute atomic E-state index is 12.0. The molecule has 0 saturated heterocycles. The smallest absolute Gasteiger partial charge is 0.343 e. The van der Waals surface area contributed by atoms with Gasteiger partial charge in [0, 0.05) is 6.42 Å². The molecule has 2 aromatic rings. The number of hydrogen-bond donors (Lipinski definition) is 0. The summed E-state index contributed by atoms with van der Waals surface area (Å²) in [5.41, 5.74) is 2.88. The van der Waals surface area contributed by atoms with Gasteiger partial charge in [0.15, 0.2) is 0 Å². The predicted molar refractivity (Wildman–Crippen MR) is 74.5 cm³/mol. The van der Waals surface area contributed by atoms with Crippen molar-refractivity contribution < 1.29 is 9.53 Å². The van der Waals surface area contributed by atoms with Gasteiger partial charge in [-0.05, 0) is 29.7 Å². The van der Waals surface area contributed by atoms with Gasteiger partial charge in [-0.2, -0.15) is 0 Å². The van der Waals surface area contributed by atoms with Crippen molar-refractivity contribution >= 4 is 11.5 Å². The van der Waals surface area contributed by atoms with Gasteiger partial charge in [-0.15, -0.1) is 0 Å². The summed E-state index contributed by atoms with van der Waals surface area (Å²) in [6.07, 6.45) is 1.81. The van der Waals surface area contributed by atoms with E-state index < -0.39 is 0 Å². The molecule has 2 aromatic carbocycles. The second kappa shape index (κ2) is 5.11. The fraction of sp³-hybridized carbons (Fsp3) is 0.118. The van der Waals surface area contributed by atoms with Crippen LogP contribution in [0, 0.1) is 0 Å². The molecule has 0 atom stereocenters. The molecule has 0 unspecified atom stereocenters. The Balaban J connectivity index is 1.79. The lowest BCUT2D eigenvalue weighted by Crippen LogP contribution is -2.12. The molecule has 0 aromatic heterocycles. The summed E-state index contributed by atoms with van der Waals surface area (Å²) in [7, 11) is 0. The zero-order valence-corrected chi connectivity index (χ0v) is 10.5. The van der Waals surface area contributed by atoms with Crippen LogP contribution < -0.4 is 0 Å². The molecule has 1 aliphatic rings. The zero-order chi connectivity index (χ0) is 13.1. The van der Waals surface area contributed by atoms with Crippen molar-refractivity contribution in [3.05, 3.63) is 77.5 Å². The molecule has 0 N–H and O–H groups in total. The molecule has 1 aliphatic carbocycles. The van der Waals surface area contributed by atoms with Gasteiger partial charge in [0.25, 0.3) is 0 Å². The van der Waals surface area contributed by atoms with Gasteiger partial charge in [-0.25, -0.2) is 4.79 Å². The van der Waals surface area contributed by atoms with E-state index >= 15 is 0 Å². The Morgan fingerprint density at radius 3 is 2.05 bits per heavy atom. The summed E-state index contributed by atoms with van der Waals surface area (Å²) in [5, 5.41) is 0. The molecule has 0 radical (unpaired) electrons. The number of hydrogen-bond acceptors (Lipinski definition) is 2. The van der Waals surface area contributed by atoms with Crippen molar-refractivity contribution in [1.82, 2.24) is 0 Å². The van der Waals surface area contributed by atoms with E-state index in [0.29, 0.717) is 5.56 Å². The highest BCUT2D eigenvalue weighted by molar-refractivity contribution is 5.91. The molecular weight excluding hydrogens is 236 g/mol. The molecule has 0 amide bonds. The van der Waals surface area contributed by atoms with Crippen molar-refractivity contribution in [3.63, 3.8) is 0 Å². The van der Waals surface area contributed by atoms with E-state index in [-0.39, 0.29) is 5.97 Å². The van der Waals surface area contributed by atoms with E-state index in [2.05, 4.69) is 0 Å². The summed E-state index contributed by atoms with van der Waals surface area (Å²) in [4.78, 5) is 12.0. The largest absolute Gasteiger partial charge is 0.427 e. The number of benzene rings is 2. The minimum Gasteiger partial charge on any atom is -0.427 e. The van der Waals surface area contributed by atoms with Crippen LogP contribution >= 0.6 is 0 Å². The normalized spacial score (nSPS) is 13.9. The molecule has 0 aliphatic heterocycles. The summed E-state index contributed by atoms with van der Waals surface area (Å²) < 4.78 is 5.48. The van der Waals surface area contributed by atoms with Crippen LogP contribution in [0.25, 0.3) is 5.57 Å². The molecule has 0 bridgehead atoms. The Labute approximate surface area is 112 Å². The monoisotopic (exact) mass is 250 g/mol. The Morgan fingerprint density at radius 2 is 1.47 bits per heavy atom. The summed E-state index contributed by atoms with van der Waals surface area (Å²) in [6.45, 7) is 0. The minimum atomic E-state index is -0.274. The van der Waals surface area contributed by atoms with Gasteiger partial charge in [-0.3, -0.25) is 0 Å². The molecule has 0 heterocycles. The molecule has 2 heteroatoms. The molecular formula is C17H14O2. The summed E-state index contributed by atoms with van der Waals surface area (Å²) in [6, 6.07) is 19.2. The Morgan fingerprint density at radius 1 is 0.842 bits per heavy atom. The Hall–Kier alpha value is -2.35. The average Bonchev–Trinajstić information content (AvgIpc) is 2.45. The van der Waals surface area contributed by atoms with Crippen LogP contribution in [0.3, 0.4) is 0 Å². The van der Waals surface area contributed by atoms with Crippen LogP contribution in [0.5, 0.6) is 0 Å². The van der Waals surface area contributed by atoms with Crippen LogP contribution in [-0.4, -0.2) is 5.97 Å². The van der Waals surface area contributed by atoms with Gasteiger partial charge in [0.05, 0.1) is 5.56 Å². The van der Waals surface area contributed by atoms with E-state index in [1.807, 2.05) is 48.5 Å². The van der Waals surface area contributed by atoms with Gasteiger partial charge in [-0.1, -0.05) is 48.5 Å². The van der Waals surface area contributed by atoms with Gasteiger partial charge < -0.3 is 4.74 Å². The highest BCUT2D eigenvalue weighted by Crippen LogP contribution is 2.37. The molecule has 94 valence electrons. The molecule has 0 spiro atoms. The molecule has 3 rings (SSSR count). The van der Waals surface area contributed by atoms with Gasteiger partial charge in [0.1, 0.15) is 5.76 Å². The summed E-state index contributed by atoms with van der Waals surface area (Å²) in [5.74, 6) is 0.531. The van der Waals surface area contributed by atoms with Crippen molar-refractivity contribution in [2.45, 2.75) is 12.8 Å². The number of esters is 1. The minimum absolute atomic E-state index is 0.274. The number of ether oxygens (including phenoxy) is 1.